The van der Waals surface area contributed by atoms with E-state index < -0.39 is 5.91 Å². The van der Waals surface area contributed by atoms with E-state index >= 15 is 0 Å². The third kappa shape index (κ3) is 4.66. The van der Waals surface area contributed by atoms with Gasteiger partial charge in [0.1, 0.15) is 29.8 Å². The maximum atomic E-state index is 12.9. The van der Waals surface area contributed by atoms with E-state index in [9.17, 15) is 9.18 Å². The van der Waals surface area contributed by atoms with Gasteiger partial charge in [-0.3, -0.25) is 4.79 Å². The predicted molar refractivity (Wildman–Crippen MR) is 87.7 cm³/mol. The van der Waals surface area contributed by atoms with Crippen molar-refractivity contribution in [3.63, 3.8) is 0 Å². The van der Waals surface area contributed by atoms with Crippen LogP contribution in [0.25, 0.3) is 6.08 Å². The number of nitrogens with zero attached hydrogens (tertiary/aromatic N) is 1. The first-order valence-corrected chi connectivity index (χ1v) is 7.37. The molecule has 0 fully saturated rings. The molecule has 0 aliphatic carbocycles. The summed E-state index contributed by atoms with van der Waals surface area (Å²) in [6.45, 7) is 0.223. The first kappa shape index (κ1) is 16.7. The minimum Gasteiger partial charge on any atom is -0.488 e. The number of rotatable bonds is 5. The Labute approximate surface area is 141 Å². The van der Waals surface area contributed by atoms with Gasteiger partial charge in [-0.2, -0.15) is 5.26 Å². The Morgan fingerprint density at radius 1 is 1.30 bits per heavy atom. The fourth-order valence-corrected chi connectivity index (χ4v) is 2.20. The third-order valence-electron chi connectivity index (χ3n) is 2.97. The average Bonchev–Trinajstić information content (AvgIpc) is 2.53. The number of halogens is 2. The van der Waals surface area contributed by atoms with Crippen molar-refractivity contribution in [2.45, 2.75) is 6.61 Å². The van der Waals surface area contributed by atoms with Crippen LogP contribution in [0.2, 0.25) is 0 Å². The Morgan fingerprint density at radius 3 is 2.61 bits per heavy atom. The Morgan fingerprint density at radius 2 is 2.00 bits per heavy atom. The van der Waals surface area contributed by atoms with Gasteiger partial charge in [0.2, 0.25) is 0 Å². The SMILES string of the molecule is N#CC(=Cc1cc(Br)ccc1OCc1ccc(F)cc1)C(N)=O. The first-order valence-electron chi connectivity index (χ1n) is 6.58. The van der Waals surface area contributed by atoms with Crippen molar-refractivity contribution in [2.24, 2.45) is 5.73 Å². The number of amides is 1. The highest BCUT2D eigenvalue weighted by atomic mass is 79.9. The topological polar surface area (TPSA) is 76.1 Å². The summed E-state index contributed by atoms with van der Waals surface area (Å²) >= 11 is 3.32. The molecule has 0 spiro atoms. The number of hydrogen-bond donors (Lipinski definition) is 1. The summed E-state index contributed by atoms with van der Waals surface area (Å²) in [5, 5.41) is 8.94. The number of carbonyl (C=O) groups is 1. The maximum Gasteiger partial charge on any atom is 0.259 e. The molecule has 0 bridgehead atoms. The number of carbonyl (C=O) groups excluding carboxylic acids is 1. The van der Waals surface area contributed by atoms with E-state index in [1.165, 1.54) is 18.2 Å². The van der Waals surface area contributed by atoms with Gasteiger partial charge in [-0.05, 0) is 42.0 Å². The van der Waals surface area contributed by atoms with Crippen LogP contribution in [0.1, 0.15) is 11.1 Å². The van der Waals surface area contributed by atoms with E-state index in [4.69, 9.17) is 15.7 Å². The summed E-state index contributed by atoms with van der Waals surface area (Å²) in [5.41, 5.74) is 6.30. The molecule has 0 aliphatic heterocycles. The lowest BCUT2D eigenvalue weighted by molar-refractivity contribution is -0.114. The number of nitrogens with two attached hydrogens (primary N) is 1. The van der Waals surface area contributed by atoms with Crippen LogP contribution in [0.4, 0.5) is 4.39 Å². The molecule has 2 aromatic carbocycles. The number of hydrogen-bond acceptors (Lipinski definition) is 3. The quantitative estimate of drug-likeness (QED) is 0.641. The van der Waals surface area contributed by atoms with Gasteiger partial charge in [0.15, 0.2) is 0 Å². The van der Waals surface area contributed by atoms with Crippen molar-refractivity contribution >= 4 is 27.9 Å². The molecule has 2 aromatic rings. The molecular weight excluding hydrogens is 363 g/mol. The van der Waals surface area contributed by atoms with Crippen LogP contribution < -0.4 is 10.5 Å². The summed E-state index contributed by atoms with van der Waals surface area (Å²) in [7, 11) is 0. The smallest absolute Gasteiger partial charge is 0.259 e. The van der Waals surface area contributed by atoms with Crippen LogP contribution in [-0.2, 0) is 11.4 Å². The van der Waals surface area contributed by atoms with Gasteiger partial charge in [-0.1, -0.05) is 28.1 Å². The van der Waals surface area contributed by atoms with Crippen LogP contribution >= 0.6 is 15.9 Å². The summed E-state index contributed by atoms with van der Waals surface area (Å²) < 4.78 is 19.3. The van der Waals surface area contributed by atoms with E-state index in [-0.39, 0.29) is 18.0 Å². The molecule has 2 N–H and O–H groups in total. The highest BCUT2D eigenvalue weighted by Crippen LogP contribution is 2.26. The third-order valence-corrected chi connectivity index (χ3v) is 3.46. The van der Waals surface area contributed by atoms with Crippen LogP contribution in [0.5, 0.6) is 5.75 Å². The van der Waals surface area contributed by atoms with E-state index in [1.54, 1.807) is 36.4 Å². The zero-order valence-electron chi connectivity index (χ0n) is 11.9. The lowest BCUT2D eigenvalue weighted by atomic mass is 10.1. The molecule has 6 heteroatoms. The van der Waals surface area contributed by atoms with E-state index in [0.29, 0.717) is 11.3 Å². The van der Waals surface area contributed by atoms with Gasteiger partial charge in [0.05, 0.1) is 0 Å². The van der Waals surface area contributed by atoms with Crippen LogP contribution in [0.3, 0.4) is 0 Å². The van der Waals surface area contributed by atoms with Gasteiger partial charge in [0, 0.05) is 10.0 Å². The highest BCUT2D eigenvalue weighted by molar-refractivity contribution is 9.10. The second-order valence-electron chi connectivity index (χ2n) is 4.63. The van der Waals surface area contributed by atoms with Crippen molar-refractivity contribution in [3.8, 4) is 11.8 Å². The second-order valence-corrected chi connectivity index (χ2v) is 5.55. The molecule has 0 radical (unpaired) electrons. The van der Waals surface area contributed by atoms with E-state index in [0.717, 1.165) is 10.0 Å². The van der Waals surface area contributed by atoms with Gasteiger partial charge >= 0.3 is 0 Å². The number of primary amides is 1. The first-order chi connectivity index (χ1) is 11.0. The average molecular weight is 375 g/mol. The molecule has 0 saturated carbocycles. The van der Waals surface area contributed by atoms with Gasteiger partial charge < -0.3 is 10.5 Å². The largest absolute Gasteiger partial charge is 0.488 e. The van der Waals surface area contributed by atoms with Crippen molar-refractivity contribution in [1.82, 2.24) is 0 Å². The number of nitriles is 1. The van der Waals surface area contributed by atoms with Crippen molar-refractivity contribution in [2.75, 3.05) is 0 Å². The maximum absolute atomic E-state index is 12.9. The van der Waals surface area contributed by atoms with Gasteiger partial charge in [0.25, 0.3) is 5.91 Å². The van der Waals surface area contributed by atoms with E-state index in [2.05, 4.69) is 15.9 Å². The minimum absolute atomic E-state index is 0.172. The molecule has 0 heterocycles. The Kier molecular flexibility index (Phi) is 5.50. The molecular formula is C17H12BrFN2O2. The van der Waals surface area contributed by atoms with Crippen LogP contribution in [0, 0.1) is 17.1 Å². The monoisotopic (exact) mass is 374 g/mol. The summed E-state index contributed by atoms with van der Waals surface area (Å²) in [5.74, 6) is -0.649. The molecule has 0 aromatic heterocycles. The molecule has 0 atom stereocenters. The molecule has 0 unspecified atom stereocenters. The predicted octanol–water partition coefficient (Wildman–Crippen LogP) is 3.56. The van der Waals surface area contributed by atoms with Crippen molar-refractivity contribution in [1.29, 1.82) is 5.26 Å². The molecule has 1 amide bonds. The fourth-order valence-electron chi connectivity index (χ4n) is 1.82. The standard InChI is InChI=1S/C17H12BrFN2O2/c18-14-3-6-16(12(8-14)7-13(9-20)17(21)22)23-10-11-1-4-15(19)5-2-11/h1-8H,10H2,(H2,21,22). The molecule has 23 heavy (non-hydrogen) atoms. The molecule has 0 saturated heterocycles. The molecule has 116 valence electrons. The normalized spacial score (nSPS) is 10.9. The minimum atomic E-state index is -0.808. The lowest BCUT2D eigenvalue weighted by Crippen LogP contribution is -2.12. The van der Waals surface area contributed by atoms with Gasteiger partial charge in [-0.15, -0.1) is 0 Å². The summed E-state index contributed by atoms with van der Waals surface area (Å²) in [6.07, 6.45) is 1.37. The van der Waals surface area contributed by atoms with Crippen molar-refractivity contribution < 1.29 is 13.9 Å². The van der Waals surface area contributed by atoms with Crippen LogP contribution in [0.15, 0.2) is 52.5 Å². The number of ether oxygens (including phenoxy) is 1. The molecule has 4 nitrogen and oxygen atoms in total. The summed E-state index contributed by atoms with van der Waals surface area (Å²) in [4.78, 5) is 11.2. The van der Waals surface area contributed by atoms with Crippen LogP contribution in [-0.4, -0.2) is 5.91 Å². The highest BCUT2D eigenvalue weighted by Gasteiger charge is 2.08. The second kappa shape index (κ2) is 7.56. The Balaban J connectivity index is 2.27. The zero-order valence-corrected chi connectivity index (χ0v) is 13.5. The van der Waals surface area contributed by atoms with Crippen molar-refractivity contribution in [3.05, 3.63) is 69.5 Å². The fraction of sp³-hybridized carbons (Fsp3) is 0.0588. The molecule has 0 aliphatic rings. The summed E-state index contributed by atoms with van der Waals surface area (Å²) in [6, 6.07) is 12.9. The lowest BCUT2D eigenvalue weighted by Gasteiger charge is -2.10. The Hall–Kier alpha value is -2.65. The number of benzene rings is 2. The molecule has 2 rings (SSSR count). The van der Waals surface area contributed by atoms with E-state index in [1.807, 2.05) is 0 Å². The Bertz CT molecular complexity index is 795. The van der Waals surface area contributed by atoms with Gasteiger partial charge in [-0.25, -0.2) is 4.39 Å². The zero-order chi connectivity index (χ0) is 16.8.